The van der Waals surface area contributed by atoms with Crippen molar-refractivity contribution in [1.29, 1.82) is 0 Å². The molecular formula is C10H8FN3OS. The Kier molecular flexibility index (Phi) is 2.82. The molecule has 4 nitrogen and oxygen atoms in total. The standard InChI is InChI=1S/C10H8FN3OS/c11-6-1-7(12)3-8(2-6)14-10(15)9-4-13-5-16-9/h1-5H,12H2,(H,14,15). The molecule has 0 aliphatic heterocycles. The number of aromatic nitrogens is 1. The van der Waals surface area contributed by atoms with Crippen molar-refractivity contribution in [2.24, 2.45) is 0 Å². The van der Waals surface area contributed by atoms with Crippen LogP contribution in [-0.2, 0) is 0 Å². The monoisotopic (exact) mass is 237 g/mol. The van der Waals surface area contributed by atoms with Crippen molar-refractivity contribution in [3.8, 4) is 0 Å². The number of benzene rings is 1. The second kappa shape index (κ2) is 4.28. The lowest BCUT2D eigenvalue weighted by molar-refractivity contribution is 0.103. The first-order chi connectivity index (χ1) is 7.65. The van der Waals surface area contributed by atoms with Gasteiger partial charge in [0.15, 0.2) is 0 Å². The minimum absolute atomic E-state index is 0.264. The molecule has 2 aromatic rings. The molecule has 2 rings (SSSR count). The predicted molar refractivity (Wildman–Crippen MR) is 60.9 cm³/mol. The Morgan fingerprint density at radius 2 is 2.25 bits per heavy atom. The van der Waals surface area contributed by atoms with Crippen LogP contribution in [0.4, 0.5) is 15.8 Å². The summed E-state index contributed by atoms with van der Waals surface area (Å²) in [5.74, 6) is -0.813. The average molecular weight is 237 g/mol. The lowest BCUT2D eigenvalue weighted by Crippen LogP contribution is -2.10. The van der Waals surface area contributed by atoms with Crippen LogP contribution in [0.3, 0.4) is 0 Å². The Morgan fingerprint density at radius 3 is 2.88 bits per heavy atom. The molecule has 6 heteroatoms. The average Bonchev–Trinajstić information content (AvgIpc) is 2.68. The summed E-state index contributed by atoms with van der Waals surface area (Å²) in [5.41, 5.74) is 7.60. The third kappa shape index (κ3) is 2.34. The van der Waals surface area contributed by atoms with E-state index in [0.29, 0.717) is 10.6 Å². The van der Waals surface area contributed by atoms with Gasteiger partial charge in [-0.15, -0.1) is 11.3 Å². The molecule has 0 bridgehead atoms. The predicted octanol–water partition coefficient (Wildman–Crippen LogP) is 2.12. The van der Waals surface area contributed by atoms with Gasteiger partial charge in [-0.3, -0.25) is 9.78 Å². The molecule has 1 aromatic carbocycles. The van der Waals surface area contributed by atoms with E-state index in [2.05, 4.69) is 10.3 Å². The van der Waals surface area contributed by atoms with Crippen molar-refractivity contribution in [3.63, 3.8) is 0 Å². The third-order valence-corrected chi connectivity index (χ3v) is 2.61. The van der Waals surface area contributed by atoms with E-state index >= 15 is 0 Å². The number of hydrogen-bond donors (Lipinski definition) is 2. The number of carbonyl (C=O) groups is 1. The van der Waals surface area contributed by atoms with Crippen LogP contribution in [0.2, 0.25) is 0 Å². The first-order valence-electron chi connectivity index (χ1n) is 4.41. The van der Waals surface area contributed by atoms with Crippen LogP contribution in [-0.4, -0.2) is 10.9 Å². The highest BCUT2D eigenvalue weighted by Crippen LogP contribution is 2.17. The first-order valence-corrected chi connectivity index (χ1v) is 5.29. The van der Waals surface area contributed by atoms with Gasteiger partial charge >= 0.3 is 0 Å². The second-order valence-electron chi connectivity index (χ2n) is 3.09. The summed E-state index contributed by atoms with van der Waals surface area (Å²) in [4.78, 5) is 15.8. The maximum absolute atomic E-state index is 13.0. The van der Waals surface area contributed by atoms with E-state index in [9.17, 15) is 9.18 Å². The fourth-order valence-corrected chi connectivity index (χ4v) is 1.72. The molecule has 82 valence electrons. The van der Waals surface area contributed by atoms with Gasteiger partial charge in [-0.25, -0.2) is 4.39 Å². The summed E-state index contributed by atoms with van der Waals surface area (Å²) in [7, 11) is 0. The van der Waals surface area contributed by atoms with Gasteiger partial charge in [0.25, 0.3) is 5.91 Å². The number of nitrogen functional groups attached to an aromatic ring is 1. The zero-order valence-electron chi connectivity index (χ0n) is 8.11. The Balaban J connectivity index is 2.18. The van der Waals surface area contributed by atoms with E-state index in [4.69, 9.17) is 5.73 Å². The summed E-state index contributed by atoms with van der Waals surface area (Å²) in [6.07, 6.45) is 1.45. The molecule has 1 aromatic heterocycles. The summed E-state index contributed by atoms with van der Waals surface area (Å²) in [6, 6.07) is 3.87. The van der Waals surface area contributed by atoms with E-state index in [1.165, 1.54) is 35.7 Å². The van der Waals surface area contributed by atoms with Crippen LogP contribution in [0.25, 0.3) is 0 Å². The summed E-state index contributed by atoms with van der Waals surface area (Å²) in [5, 5.41) is 2.54. The fraction of sp³-hybridized carbons (Fsp3) is 0. The van der Waals surface area contributed by atoms with Crippen molar-refractivity contribution in [2.75, 3.05) is 11.1 Å². The maximum atomic E-state index is 13.0. The molecule has 1 heterocycles. The van der Waals surface area contributed by atoms with Crippen LogP contribution in [0.15, 0.2) is 29.9 Å². The van der Waals surface area contributed by atoms with Crippen molar-refractivity contribution in [2.45, 2.75) is 0 Å². The highest BCUT2D eigenvalue weighted by Gasteiger charge is 2.08. The van der Waals surface area contributed by atoms with E-state index in [1.54, 1.807) is 5.51 Å². The summed E-state index contributed by atoms with van der Waals surface area (Å²) >= 11 is 1.21. The van der Waals surface area contributed by atoms with Crippen LogP contribution in [0.5, 0.6) is 0 Å². The molecule has 3 N–H and O–H groups in total. The van der Waals surface area contributed by atoms with Crippen molar-refractivity contribution < 1.29 is 9.18 Å². The largest absolute Gasteiger partial charge is 0.399 e. The number of rotatable bonds is 2. The number of carbonyl (C=O) groups excluding carboxylic acids is 1. The number of thiazole rings is 1. The topological polar surface area (TPSA) is 68.0 Å². The second-order valence-corrected chi connectivity index (χ2v) is 3.98. The van der Waals surface area contributed by atoms with Gasteiger partial charge in [0.1, 0.15) is 10.7 Å². The molecular weight excluding hydrogens is 229 g/mol. The zero-order valence-corrected chi connectivity index (χ0v) is 8.92. The minimum atomic E-state index is -0.486. The van der Waals surface area contributed by atoms with Gasteiger partial charge in [-0.2, -0.15) is 0 Å². The van der Waals surface area contributed by atoms with Gasteiger partial charge in [0.2, 0.25) is 0 Å². The number of halogens is 1. The molecule has 0 aliphatic rings. The molecule has 0 saturated carbocycles. The summed E-state index contributed by atoms with van der Waals surface area (Å²) in [6.45, 7) is 0. The molecule has 0 saturated heterocycles. The van der Waals surface area contributed by atoms with Crippen molar-refractivity contribution >= 4 is 28.6 Å². The normalized spacial score (nSPS) is 10.1. The van der Waals surface area contributed by atoms with E-state index in [1.807, 2.05) is 0 Å². The van der Waals surface area contributed by atoms with Gasteiger partial charge in [0.05, 0.1) is 11.7 Å². The number of hydrogen-bond acceptors (Lipinski definition) is 4. The molecule has 0 radical (unpaired) electrons. The van der Waals surface area contributed by atoms with E-state index in [-0.39, 0.29) is 11.6 Å². The SMILES string of the molecule is Nc1cc(F)cc(NC(=O)c2cncs2)c1. The number of amides is 1. The molecule has 0 aliphatic carbocycles. The lowest BCUT2D eigenvalue weighted by atomic mass is 10.2. The quantitative estimate of drug-likeness (QED) is 0.786. The lowest BCUT2D eigenvalue weighted by Gasteiger charge is -2.04. The fourth-order valence-electron chi connectivity index (χ4n) is 1.21. The van der Waals surface area contributed by atoms with Crippen LogP contribution in [0, 0.1) is 5.82 Å². The molecule has 1 amide bonds. The van der Waals surface area contributed by atoms with E-state index in [0.717, 1.165) is 0 Å². The molecule has 0 fully saturated rings. The minimum Gasteiger partial charge on any atom is -0.399 e. The van der Waals surface area contributed by atoms with Crippen LogP contribution >= 0.6 is 11.3 Å². The van der Waals surface area contributed by atoms with Gasteiger partial charge < -0.3 is 11.1 Å². The van der Waals surface area contributed by atoms with Crippen molar-refractivity contribution in [1.82, 2.24) is 4.98 Å². The highest BCUT2D eigenvalue weighted by atomic mass is 32.1. The Bertz CT molecular complexity index is 493. The van der Waals surface area contributed by atoms with Gasteiger partial charge in [0, 0.05) is 11.4 Å². The van der Waals surface area contributed by atoms with Gasteiger partial charge in [-0.1, -0.05) is 0 Å². The zero-order chi connectivity index (χ0) is 11.5. The molecule has 0 atom stereocenters. The van der Waals surface area contributed by atoms with Crippen LogP contribution in [0.1, 0.15) is 9.67 Å². The van der Waals surface area contributed by atoms with Crippen molar-refractivity contribution in [3.05, 3.63) is 40.6 Å². The first kappa shape index (κ1) is 10.6. The maximum Gasteiger partial charge on any atom is 0.267 e. The summed E-state index contributed by atoms with van der Waals surface area (Å²) < 4.78 is 13.0. The number of nitrogens with one attached hydrogen (secondary N) is 1. The molecule has 0 unspecified atom stereocenters. The third-order valence-electron chi connectivity index (χ3n) is 1.83. The molecule has 16 heavy (non-hydrogen) atoms. The van der Waals surface area contributed by atoms with Gasteiger partial charge in [-0.05, 0) is 18.2 Å². The Morgan fingerprint density at radius 1 is 1.44 bits per heavy atom. The number of anilines is 2. The van der Waals surface area contributed by atoms with E-state index < -0.39 is 5.82 Å². The Hall–Kier alpha value is -1.95. The number of nitrogens with two attached hydrogens (primary N) is 1. The van der Waals surface area contributed by atoms with Crippen LogP contribution < -0.4 is 11.1 Å². The molecule has 0 spiro atoms. The smallest absolute Gasteiger partial charge is 0.267 e. The number of nitrogens with zero attached hydrogens (tertiary/aromatic N) is 1. The highest BCUT2D eigenvalue weighted by molar-refractivity contribution is 7.11. The Labute approximate surface area is 94.9 Å².